The van der Waals surface area contributed by atoms with Crippen LogP contribution in [0.1, 0.15) is 11.7 Å². The fraction of sp³-hybridized carbons (Fsp3) is 0.556. The Kier molecular flexibility index (Phi) is 5.00. The average Bonchev–Trinajstić information content (AvgIpc) is 2.65. The molecule has 0 aliphatic heterocycles. The molecule has 1 atom stereocenters. The van der Waals surface area contributed by atoms with Gasteiger partial charge in [-0.25, -0.2) is 0 Å². The molecule has 3 nitrogen and oxygen atoms in total. The first kappa shape index (κ1) is 10.7. The van der Waals surface area contributed by atoms with E-state index in [-0.39, 0.29) is 0 Å². The van der Waals surface area contributed by atoms with Crippen LogP contribution in [0.2, 0.25) is 0 Å². The highest BCUT2D eigenvalue weighted by atomic mass is 32.1. The van der Waals surface area contributed by atoms with Crippen molar-refractivity contribution in [2.24, 2.45) is 0 Å². The highest BCUT2D eigenvalue weighted by Crippen LogP contribution is 2.15. The Morgan fingerprint density at radius 1 is 1.54 bits per heavy atom. The van der Waals surface area contributed by atoms with E-state index in [1.807, 2.05) is 16.8 Å². The third-order valence-corrected chi connectivity index (χ3v) is 2.34. The molecule has 0 aliphatic rings. The fourth-order valence-corrected chi connectivity index (χ4v) is 1.61. The van der Waals surface area contributed by atoms with E-state index in [4.69, 9.17) is 9.47 Å². The van der Waals surface area contributed by atoms with Gasteiger partial charge in [0.25, 0.3) is 0 Å². The zero-order chi connectivity index (χ0) is 9.52. The van der Waals surface area contributed by atoms with Gasteiger partial charge in [-0.15, -0.1) is 0 Å². The molecule has 0 aromatic carbocycles. The Bertz CT molecular complexity index is 211. The minimum atomic E-state index is -0.511. The third-order valence-electron chi connectivity index (χ3n) is 1.64. The summed E-state index contributed by atoms with van der Waals surface area (Å²) in [6.07, 6.45) is -0.511. The molecule has 0 aliphatic carbocycles. The number of hydrogen-bond acceptors (Lipinski definition) is 4. The maximum Gasteiger partial charge on any atom is 0.103 e. The Labute approximate surface area is 81.9 Å². The fourth-order valence-electron chi connectivity index (χ4n) is 0.898. The van der Waals surface area contributed by atoms with Crippen LogP contribution in [-0.2, 0) is 9.47 Å². The summed E-state index contributed by atoms with van der Waals surface area (Å²) < 4.78 is 10.00. The summed E-state index contributed by atoms with van der Waals surface area (Å²) in [6.45, 7) is 1.42. The SMILES string of the molecule is COCCOCC(O)c1ccsc1. The first-order chi connectivity index (χ1) is 6.34. The van der Waals surface area contributed by atoms with Crippen LogP contribution in [0.25, 0.3) is 0 Å². The predicted octanol–water partition coefficient (Wildman–Crippen LogP) is 1.44. The van der Waals surface area contributed by atoms with Gasteiger partial charge in [-0.05, 0) is 22.4 Å². The molecule has 0 saturated carbocycles. The van der Waals surface area contributed by atoms with Gasteiger partial charge in [0.15, 0.2) is 0 Å². The zero-order valence-electron chi connectivity index (χ0n) is 7.60. The van der Waals surface area contributed by atoms with Crippen LogP contribution >= 0.6 is 11.3 Å². The summed E-state index contributed by atoms with van der Waals surface area (Å²) in [4.78, 5) is 0. The molecule has 0 fully saturated rings. The van der Waals surface area contributed by atoms with Crippen molar-refractivity contribution in [2.75, 3.05) is 26.9 Å². The lowest BCUT2D eigenvalue weighted by molar-refractivity contribution is 0.0127. The number of hydrogen-bond donors (Lipinski definition) is 1. The van der Waals surface area contributed by atoms with Crippen LogP contribution in [-0.4, -0.2) is 32.0 Å². The lowest BCUT2D eigenvalue weighted by Crippen LogP contribution is -2.09. The normalized spacial score (nSPS) is 13.1. The maximum atomic E-state index is 9.55. The van der Waals surface area contributed by atoms with Crippen molar-refractivity contribution in [1.82, 2.24) is 0 Å². The summed E-state index contributed by atoms with van der Waals surface area (Å²) in [5, 5.41) is 13.4. The molecule has 1 N–H and O–H groups in total. The second kappa shape index (κ2) is 6.10. The molecule has 1 unspecified atom stereocenters. The number of aliphatic hydroxyl groups is 1. The Morgan fingerprint density at radius 2 is 2.38 bits per heavy atom. The van der Waals surface area contributed by atoms with Gasteiger partial charge >= 0.3 is 0 Å². The van der Waals surface area contributed by atoms with E-state index in [2.05, 4.69) is 0 Å². The molecule has 0 radical (unpaired) electrons. The summed E-state index contributed by atoms with van der Waals surface area (Å²) >= 11 is 1.57. The molecular formula is C9H14O3S. The largest absolute Gasteiger partial charge is 0.386 e. The molecule has 1 rings (SSSR count). The van der Waals surface area contributed by atoms with E-state index in [9.17, 15) is 5.11 Å². The minimum absolute atomic E-state index is 0.333. The van der Waals surface area contributed by atoms with Crippen LogP contribution in [0.15, 0.2) is 16.8 Å². The van der Waals surface area contributed by atoms with Gasteiger partial charge < -0.3 is 14.6 Å². The molecule has 0 saturated heterocycles. The van der Waals surface area contributed by atoms with Crippen LogP contribution in [0, 0.1) is 0 Å². The monoisotopic (exact) mass is 202 g/mol. The van der Waals surface area contributed by atoms with Gasteiger partial charge in [-0.2, -0.15) is 11.3 Å². The van der Waals surface area contributed by atoms with Gasteiger partial charge in [0.2, 0.25) is 0 Å². The topological polar surface area (TPSA) is 38.7 Å². The van der Waals surface area contributed by atoms with Gasteiger partial charge in [0.1, 0.15) is 6.10 Å². The van der Waals surface area contributed by atoms with Crippen molar-refractivity contribution in [1.29, 1.82) is 0 Å². The third kappa shape index (κ3) is 3.87. The van der Waals surface area contributed by atoms with Crippen molar-refractivity contribution < 1.29 is 14.6 Å². The molecule has 1 aromatic rings. The lowest BCUT2D eigenvalue weighted by atomic mass is 10.2. The zero-order valence-corrected chi connectivity index (χ0v) is 8.42. The number of methoxy groups -OCH3 is 1. The Balaban J connectivity index is 2.15. The van der Waals surface area contributed by atoms with E-state index in [0.29, 0.717) is 19.8 Å². The summed E-state index contributed by atoms with van der Waals surface area (Å²) in [7, 11) is 1.62. The summed E-state index contributed by atoms with van der Waals surface area (Å²) in [5.74, 6) is 0. The van der Waals surface area contributed by atoms with Crippen molar-refractivity contribution in [3.05, 3.63) is 22.4 Å². The van der Waals surface area contributed by atoms with Crippen LogP contribution in [0.5, 0.6) is 0 Å². The number of ether oxygens (including phenoxy) is 2. The van der Waals surface area contributed by atoms with Crippen LogP contribution < -0.4 is 0 Å². The first-order valence-corrected chi connectivity index (χ1v) is 5.05. The van der Waals surface area contributed by atoms with Gasteiger partial charge in [-0.1, -0.05) is 0 Å². The van der Waals surface area contributed by atoms with E-state index in [1.54, 1.807) is 18.4 Å². The Morgan fingerprint density at radius 3 is 3.00 bits per heavy atom. The lowest BCUT2D eigenvalue weighted by Gasteiger charge is -2.08. The second-order valence-electron chi connectivity index (χ2n) is 2.64. The van der Waals surface area contributed by atoms with E-state index < -0.39 is 6.10 Å². The highest BCUT2D eigenvalue weighted by Gasteiger charge is 2.06. The molecule has 1 heterocycles. The minimum Gasteiger partial charge on any atom is -0.386 e. The predicted molar refractivity (Wildman–Crippen MR) is 52.0 cm³/mol. The van der Waals surface area contributed by atoms with Gasteiger partial charge in [0.05, 0.1) is 19.8 Å². The quantitative estimate of drug-likeness (QED) is 0.709. The van der Waals surface area contributed by atoms with E-state index in [1.165, 1.54) is 0 Å². The molecule has 0 bridgehead atoms. The molecule has 0 spiro atoms. The highest BCUT2D eigenvalue weighted by molar-refractivity contribution is 7.07. The van der Waals surface area contributed by atoms with Gasteiger partial charge in [-0.3, -0.25) is 0 Å². The second-order valence-corrected chi connectivity index (χ2v) is 3.42. The Hall–Kier alpha value is -0.420. The molecule has 1 aromatic heterocycles. The number of thiophene rings is 1. The summed E-state index contributed by atoms with van der Waals surface area (Å²) in [5.41, 5.74) is 0.919. The van der Waals surface area contributed by atoms with E-state index >= 15 is 0 Å². The van der Waals surface area contributed by atoms with E-state index in [0.717, 1.165) is 5.56 Å². The smallest absolute Gasteiger partial charge is 0.103 e. The molecule has 74 valence electrons. The molecule has 0 amide bonds. The molecule has 4 heteroatoms. The molecular weight excluding hydrogens is 188 g/mol. The van der Waals surface area contributed by atoms with Gasteiger partial charge in [0, 0.05) is 7.11 Å². The number of aliphatic hydroxyl groups excluding tert-OH is 1. The molecule has 13 heavy (non-hydrogen) atoms. The van der Waals surface area contributed by atoms with Crippen molar-refractivity contribution in [3.8, 4) is 0 Å². The maximum absolute atomic E-state index is 9.55. The first-order valence-electron chi connectivity index (χ1n) is 4.11. The summed E-state index contributed by atoms with van der Waals surface area (Å²) in [6, 6.07) is 1.90. The van der Waals surface area contributed by atoms with Crippen molar-refractivity contribution in [3.63, 3.8) is 0 Å². The van der Waals surface area contributed by atoms with Crippen LogP contribution in [0.4, 0.5) is 0 Å². The average molecular weight is 202 g/mol. The van der Waals surface area contributed by atoms with Crippen molar-refractivity contribution >= 4 is 11.3 Å². The standard InChI is InChI=1S/C9H14O3S/c1-11-3-4-12-6-9(10)8-2-5-13-7-8/h2,5,7,9-10H,3-4,6H2,1H3. The van der Waals surface area contributed by atoms with Crippen LogP contribution in [0.3, 0.4) is 0 Å². The van der Waals surface area contributed by atoms with Crippen molar-refractivity contribution in [2.45, 2.75) is 6.10 Å². The number of rotatable bonds is 6.